The van der Waals surface area contributed by atoms with E-state index in [-0.39, 0.29) is 30.5 Å². The highest BCUT2D eigenvalue weighted by Crippen LogP contribution is 2.44. The first-order valence-electron chi connectivity index (χ1n) is 11.6. The van der Waals surface area contributed by atoms with Crippen molar-refractivity contribution in [2.75, 3.05) is 6.61 Å². The van der Waals surface area contributed by atoms with Crippen molar-refractivity contribution in [2.24, 2.45) is 0 Å². The molecule has 2 aromatic carbocycles. The Hall–Kier alpha value is -3.85. The minimum Gasteiger partial charge on any atom is -0.448 e. The standard InChI is InChI=1S/C28H29N3O3/c1-18(2)31(19(3)4)27(32)20-13-14-21(15-29)30(16-20)28(33)34-17-26-24-11-7-5-9-22(24)23-10-6-8-12-25(23)26/h5-14,16,18-19,21,26H,17H2,1-4H3/t21-/m0/s1. The highest BCUT2D eigenvalue weighted by atomic mass is 16.6. The van der Waals surface area contributed by atoms with E-state index in [1.807, 2.05) is 52.0 Å². The lowest BCUT2D eigenvalue weighted by molar-refractivity contribution is -0.130. The van der Waals surface area contributed by atoms with Crippen LogP contribution in [-0.4, -0.2) is 46.5 Å². The first-order valence-corrected chi connectivity index (χ1v) is 11.6. The zero-order chi connectivity index (χ0) is 24.4. The molecule has 1 aliphatic carbocycles. The molecule has 1 aliphatic heterocycles. The molecule has 0 bridgehead atoms. The number of benzene rings is 2. The van der Waals surface area contributed by atoms with E-state index in [2.05, 4.69) is 30.3 Å². The van der Waals surface area contributed by atoms with Gasteiger partial charge in [-0.25, -0.2) is 4.79 Å². The summed E-state index contributed by atoms with van der Waals surface area (Å²) >= 11 is 0. The summed E-state index contributed by atoms with van der Waals surface area (Å²) in [6, 6.07) is 17.5. The molecule has 0 saturated heterocycles. The molecule has 4 rings (SSSR count). The summed E-state index contributed by atoms with van der Waals surface area (Å²) < 4.78 is 5.73. The van der Waals surface area contributed by atoms with Gasteiger partial charge in [-0.3, -0.25) is 9.69 Å². The molecule has 0 fully saturated rings. The van der Waals surface area contributed by atoms with Gasteiger partial charge >= 0.3 is 6.09 Å². The molecule has 0 unspecified atom stereocenters. The normalized spacial score (nSPS) is 16.7. The fraction of sp³-hybridized carbons (Fsp3) is 0.321. The number of ether oxygens (including phenoxy) is 1. The van der Waals surface area contributed by atoms with Gasteiger partial charge < -0.3 is 9.64 Å². The van der Waals surface area contributed by atoms with Crippen LogP contribution >= 0.6 is 0 Å². The van der Waals surface area contributed by atoms with E-state index in [9.17, 15) is 14.9 Å². The van der Waals surface area contributed by atoms with Crippen LogP contribution in [-0.2, 0) is 9.53 Å². The summed E-state index contributed by atoms with van der Waals surface area (Å²) in [7, 11) is 0. The molecule has 174 valence electrons. The van der Waals surface area contributed by atoms with Gasteiger partial charge in [0.05, 0.1) is 11.6 Å². The fourth-order valence-corrected chi connectivity index (χ4v) is 4.84. The summed E-state index contributed by atoms with van der Waals surface area (Å²) in [6.07, 6.45) is 3.96. The molecule has 0 aromatic heterocycles. The molecule has 6 nitrogen and oxygen atoms in total. The van der Waals surface area contributed by atoms with Gasteiger partial charge in [-0.2, -0.15) is 5.26 Å². The van der Waals surface area contributed by atoms with E-state index in [0.717, 1.165) is 22.3 Å². The van der Waals surface area contributed by atoms with Crippen molar-refractivity contribution in [3.8, 4) is 17.2 Å². The number of hydrogen-bond acceptors (Lipinski definition) is 4. The number of carbonyl (C=O) groups excluding carboxylic acids is 2. The summed E-state index contributed by atoms with van der Waals surface area (Å²) in [4.78, 5) is 29.2. The smallest absolute Gasteiger partial charge is 0.415 e. The van der Waals surface area contributed by atoms with Crippen LogP contribution in [0.25, 0.3) is 11.1 Å². The van der Waals surface area contributed by atoms with Gasteiger partial charge in [-0.15, -0.1) is 0 Å². The van der Waals surface area contributed by atoms with Crippen LogP contribution in [0.5, 0.6) is 0 Å². The summed E-state index contributed by atoms with van der Waals surface area (Å²) in [5.41, 5.74) is 4.86. The van der Waals surface area contributed by atoms with Crippen molar-refractivity contribution >= 4 is 12.0 Å². The number of amides is 2. The minimum atomic E-state index is -0.834. The van der Waals surface area contributed by atoms with Gasteiger partial charge in [0.15, 0.2) is 0 Å². The van der Waals surface area contributed by atoms with Gasteiger partial charge in [0.1, 0.15) is 12.6 Å². The van der Waals surface area contributed by atoms with Crippen molar-refractivity contribution in [2.45, 2.75) is 51.7 Å². The van der Waals surface area contributed by atoms with Crippen LogP contribution in [0.15, 0.2) is 72.5 Å². The van der Waals surface area contributed by atoms with Crippen molar-refractivity contribution in [1.29, 1.82) is 5.26 Å². The van der Waals surface area contributed by atoms with Crippen LogP contribution < -0.4 is 0 Å². The predicted molar refractivity (Wildman–Crippen MR) is 131 cm³/mol. The largest absolute Gasteiger partial charge is 0.448 e. The van der Waals surface area contributed by atoms with E-state index in [1.54, 1.807) is 17.1 Å². The van der Waals surface area contributed by atoms with Crippen LogP contribution in [0.3, 0.4) is 0 Å². The van der Waals surface area contributed by atoms with E-state index in [1.165, 1.54) is 11.1 Å². The predicted octanol–water partition coefficient (Wildman–Crippen LogP) is 5.23. The molecule has 0 N–H and O–H groups in total. The molecule has 34 heavy (non-hydrogen) atoms. The molecular weight excluding hydrogens is 426 g/mol. The summed E-state index contributed by atoms with van der Waals surface area (Å²) in [5.74, 6) is -0.270. The summed E-state index contributed by atoms with van der Waals surface area (Å²) in [6.45, 7) is 7.95. The molecular formula is C28H29N3O3. The lowest BCUT2D eigenvalue weighted by atomic mass is 9.98. The minimum absolute atomic E-state index is 0.00149. The molecule has 0 spiro atoms. The Kier molecular flexibility index (Phi) is 6.56. The molecule has 6 heteroatoms. The van der Waals surface area contributed by atoms with Crippen molar-refractivity contribution in [1.82, 2.24) is 9.80 Å². The lowest BCUT2D eigenvalue weighted by Crippen LogP contribution is -2.44. The number of rotatable bonds is 5. The quantitative estimate of drug-likeness (QED) is 0.619. The van der Waals surface area contributed by atoms with Crippen LogP contribution in [0.4, 0.5) is 4.79 Å². The zero-order valence-corrected chi connectivity index (χ0v) is 19.9. The Morgan fingerprint density at radius 2 is 1.56 bits per heavy atom. The topological polar surface area (TPSA) is 73.6 Å². The van der Waals surface area contributed by atoms with Crippen LogP contribution in [0, 0.1) is 11.3 Å². The van der Waals surface area contributed by atoms with Gasteiger partial charge in [0.2, 0.25) is 0 Å². The SMILES string of the molecule is CC(C)N(C(=O)C1=CN(C(=O)OCC2c3ccccc3-c3ccccc32)[C@H](C#N)C=C1)C(C)C. The second kappa shape index (κ2) is 9.56. The highest BCUT2D eigenvalue weighted by Gasteiger charge is 2.32. The van der Waals surface area contributed by atoms with Crippen molar-refractivity contribution in [3.63, 3.8) is 0 Å². The average molecular weight is 456 g/mol. The van der Waals surface area contributed by atoms with Gasteiger partial charge in [0, 0.05) is 24.2 Å². The molecule has 2 aromatic rings. The number of nitriles is 1. The van der Waals surface area contributed by atoms with E-state index in [0.29, 0.717) is 5.57 Å². The fourth-order valence-electron chi connectivity index (χ4n) is 4.84. The van der Waals surface area contributed by atoms with Gasteiger partial charge in [-0.1, -0.05) is 48.5 Å². The maximum Gasteiger partial charge on any atom is 0.415 e. The second-order valence-electron chi connectivity index (χ2n) is 9.13. The van der Waals surface area contributed by atoms with Gasteiger partial charge in [0.25, 0.3) is 5.91 Å². The monoisotopic (exact) mass is 455 g/mol. The number of nitrogens with zero attached hydrogens (tertiary/aromatic N) is 3. The first-order chi connectivity index (χ1) is 16.3. The van der Waals surface area contributed by atoms with E-state index >= 15 is 0 Å². The maximum absolute atomic E-state index is 13.1. The number of fused-ring (bicyclic) bond motifs is 3. The Balaban J connectivity index is 1.55. The van der Waals surface area contributed by atoms with Crippen LogP contribution in [0.1, 0.15) is 44.7 Å². The van der Waals surface area contributed by atoms with Crippen LogP contribution in [0.2, 0.25) is 0 Å². The molecule has 2 amide bonds. The van der Waals surface area contributed by atoms with Crippen molar-refractivity contribution in [3.05, 3.63) is 83.6 Å². The van der Waals surface area contributed by atoms with E-state index < -0.39 is 12.1 Å². The molecule has 2 aliphatic rings. The first kappa shape index (κ1) is 23.3. The van der Waals surface area contributed by atoms with E-state index in [4.69, 9.17) is 4.74 Å². The third-order valence-electron chi connectivity index (χ3n) is 6.31. The highest BCUT2D eigenvalue weighted by molar-refractivity contribution is 5.97. The average Bonchev–Trinajstić information content (AvgIpc) is 3.15. The third-order valence-corrected chi connectivity index (χ3v) is 6.31. The zero-order valence-electron chi connectivity index (χ0n) is 19.9. The molecule has 0 saturated carbocycles. The Morgan fingerprint density at radius 1 is 1.00 bits per heavy atom. The Labute approximate surface area is 200 Å². The lowest BCUT2D eigenvalue weighted by Gasteiger charge is -2.33. The summed E-state index contributed by atoms with van der Waals surface area (Å²) in [5, 5.41) is 9.59. The Morgan fingerprint density at radius 3 is 2.09 bits per heavy atom. The molecule has 1 atom stereocenters. The maximum atomic E-state index is 13.1. The third kappa shape index (κ3) is 4.22. The number of hydrogen-bond donors (Lipinski definition) is 0. The Bertz CT molecular complexity index is 1150. The molecule has 0 radical (unpaired) electrons. The van der Waals surface area contributed by atoms with Gasteiger partial charge in [-0.05, 0) is 62.1 Å². The number of carbonyl (C=O) groups is 2. The molecule has 1 heterocycles. The van der Waals surface area contributed by atoms with Crippen molar-refractivity contribution < 1.29 is 14.3 Å². The second-order valence-corrected chi connectivity index (χ2v) is 9.13.